The lowest BCUT2D eigenvalue weighted by Crippen LogP contribution is -2.12. The van der Waals surface area contributed by atoms with Crippen molar-refractivity contribution in [1.82, 2.24) is 0 Å². The molecule has 152 valence electrons. The summed E-state index contributed by atoms with van der Waals surface area (Å²) in [5, 5.41) is 0. The van der Waals surface area contributed by atoms with Crippen molar-refractivity contribution in [3.8, 4) is 0 Å². The standard InChI is InChI=1S/C28H35N/c1-2-3-4-5-6-7-8-11-18-25-19-16-17-24-28(25)29(26-20-12-9-13-21-26)27-22-14-10-15-23-27/h9-10,12-17,19-24H,2-8,11,18H2,1H3. The Hall–Kier alpha value is -2.54. The second kappa shape index (κ2) is 12.1. The van der Waals surface area contributed by atoms with E-state index < -0.39 is 0 Å². The molecule has 0 unspecified atom stereocenters. The van der Waals surface area contributed by atoms with Crippen LogP contribution in [0.5, 0.6) is 0 Å². The number of benzene rings is 3. The fourth-order valence-corrected chi connectivity index (χ4v) is 3.97. The van der Waals surface area contributed by atoms with E-state index in [1.807, 2.05) is 0 Å². The summed E-state index contributed by atoms with van der Waals surface area (Å²) in [7, 11) is 0. The second-order valence-electron chi connectivity index (χ2n) is 7.86. The molecule has 0 heterocycles. The largest absolute Gasteiger partial charge is 0.310 e. The smallest absolute Gasteiger partial charge is 0.0493 e. The van der Waals surface area contributed by atoms with Crippen molar-refractivity contribution in [3.63, 3.8) is 0 Å². The molecule has 0 aliphatic heterocycles. The van der Waals surface area contributed by atoms with E-state index in [9.17, 15) is 0 Å². The third kappa shape index (κ3) is 6.49. The third-order valence-corrected chi connectivity index (χ3v) is 5.56. The number of anilines is 3. The predicted octanol–water partition coefficient (Wildman–Crippen LogP) is 8.84. The maximum Gasteiger partial charge on any atom is 0.0493 e. The first kappa shape index (κ1) is 21.2. The van der Waals surface area contributed by atoms with Gasteiger partial charge >= 0.3 is 0 Å². The van der Waals surface area contributed by atoms with E-state index in [1.54, 1.807) is 0 Å². The summed E-state index contributed by atoms with van der Waals surface area (Å²) in [4.78, 5) is 2.39. The van der Waals surface area contributed by atoms with Crippen molar-refractivity contribution in [2.24, 2.45) is 0 Å². The minimum Gasteiger partial charge on any atom is -0.310 e. The summed E-state index contributed by atoms with van der Waals surface area (Å²) in [6, 6.07) is 30.3. The molecular weight excluding hydrogens is 350 g/mol. The Labute approximate surface area is 177 Å². The topological polar surface area (TPSA) is 3.24 Å². The quantitative estimate of drug-likeness (QED) is 0.281. The van der Waals surface area contributed by atoms with Gasteiger partial charge in [-0.1, -0.05) is 106 Å². The Balaban J connectivity index is 1.70. The summed E-state index contributed by atoms with van der Waals surface area (Å²) in [6.45, 7) is 2.28. The Kier molecular flexibility index (Phi) is 8.85. The van der Waals surface area contributed by atoms with Gasteiger partial charge in [0.2, 0.25) is 0 Å². The van der Waals surface area contributed by atoms with Gasteiger partial charge in [0, 0.05) is 17.1 Å². The molecule has 0 saturated carbocycles. The summed E-state index contributed by atoms with van der Waals surface area (Å²) >= 11 is 0. The van der Waals surface area contributed by atoms with E-state index >= 15 is 0 Å². The van der Waals surface area contributed by atoms with Crippen LogP contribution in [0.25, 0.3) is 0 Å². The van der Waals surface area contributed by atoms with Gasteiger partial charge in [0.1, 0.15) is 0 Å². The number of para-hydroxylation sites is 3. The number of unbranched alkanes of at least 4 members (excludes halogenated alkanes) is 7. The van der Waals surface area contributed by atoms with Crippen LogP contribution in [0.3, 0.4) is 0 Å². The molecule has 0 saturated heterocycles. The van der Waals surface area contributed by atoms with Crippen LogP contribution in [0, 0.1) is 0 Å². The molecule has 3 aromatic rings. The van der Waals surface area contributed by atoms with E-state index in [2.05, 4.69) is 96.8 Å². The van der Waals surface area contributed by atoms with Crippen molar-refractivity contribution < 1.29 is 0 Å². The molecule has 29 heavy (non-hydrogen) atoms. The molecule has 0 aliphatic rings. The molecule has 0 N–H and O–H groups in total. The number of rotatable bonds is 12. The summed E-state index contributed by atoms with van der Waals surface area (Å²) < 4.78 is 0. The average Bonchev–Trinajstić information content (AvgIpc) is 2.78. The summed E-state index contributed by atoms with van der Waals surface area (Å²) in [5.41, 5.74) is 5.16. The minimum atomic E-state index is 1.14. The van der Waals surface area contributed by atoms with Crippen LogP contribution >= 0.6 is 0 Å². The van der Waals surface area contributed by atoms with Crippen molar-refractivity contribution >= 4 is 17.1 Å². The molecule has 0 bridgehead atoms. The number of nitrogens with zero attached hydrogens (tertiary/aromatic N) is 1. The highest BCUT2D eigenvalue weighted by atomic mass is 15.1. The Morgan fingerprint density at radius 2 is 1.00 bits per heavy atom. The zero-order chi connectivity index (χ0) is 20.2. The van der Waals surface area contributed by atoms with Crippen LogP contribution in [0.1, 0.15) is 63.9 Å². The van der Waals surface area contributed by atoms with Crippen molar-refractivity contribution in [1.29, 1.82) is 0 Å². The Morgan fingerprint density at radius 3 is 1.59 bits per heavy atom. The average molecular weight is 386 g/mol. The van der Waals surface area contributed by atoms with Gasteiger partial charge in [-0.25, -0.2) is 0 Å². The SMILES string of the molecule is CCCCCCCCCCc1ccccc1N(c1ccccc1)c1ccccc1. The number of hydrogen-bond donors (Lipinski definition) is 0. The lowest BCUT2D eigenvalue weighted by Gasteiger charge is -2.27. The number of hydrogen-bond acceptors (Lipinski definition) is 1. The van der Waals surface area contributed by atoms with E-state index in [1.165, 1.54) is 74.0 Å². The van der Waals surface area contributed by atoms with Gasteiger partial charge in [0.25, 0.3) is 0 Å². The third-order valence-electron chi connectivity index (χ3n) is 5.56. The minimum absolute atomic E-state index is 1.14. The molecule has 0 atom stereocenters. The van der Waals surface area contributed by atoms with Crippen molar-refractivity contribution in [2.45, 2.75) is 64.7 Å². The Bertz CT molecular complexity index is 770. The molecule has 3 rings (SSSR count). The van der Waals surface area contributed by atoms with Crippen LogP contribution in [0.2, 0.25) is 0 Å². The molecule has 0 spiro atoms. The number of aryl methyl sites for hydroxylation is 1. The highest BCUT2D eigenvalue weighted by Gasteiger charge is 2.14. The molecule has 3 aromatic carbocycles. The molecule has 0 radical (unpaired) electrons. The lowest BCUT2D eigenvalue weighted by molar-refractivity contribution is 0.575. The van der Waals surface area contributed by atoms with Gasteiger partial charge in [0.15, 0.2) is 0 Å². The molecule has 0 amide bonds. The van der Waals surface area contributed by atoms with E-state index in [0.29, 0.717) is 0 Å². The van der Waals surface area contributed by atoms with Crippen LogP contribution < -0.4 is 4.90 Å². The van der Waals surface area contributed by atoms with E-state index in [0.717, 1.165) is 6.42 Å². The zero-order valence-corrected chi connectivity index (χ0v) is 17.9. The highest BCUT2D eigenvalue weighted by molar-refractivity contribution is 5.78. The second-order valence-corrected chi connectivity index (χ2v) is 7.86. The van der Waals surface area contributed by atoms with Gasteiger partial charge in [-0.2, -0.15) is 0 Å². The maximum absolute atomic E-state index is 2.39. The van der Waals surface area contributed by atoms with Crippen LogP contribution in [-0.4, -0.2) is 0 Å². The van der Waals surface area contributed by atoms with Crippen LogP contribution in [0.15, 0.2) is 84.9 Å². The first-order valence-corrected chi connectivity index (χ1v) is 11.4. The van der Waals surface area contributed by atoms with Crippen LogP contribution in [-0.2, 0) is 6.42 Å². The van der Waals surface area contributed by atoms with Gasteiger partial charge < -0.3 is 4.90 Å². The predicted molar refractivity (Wildman–Crippen MR) is 127 cm³/mol. The van der Waals surface area contributed by atoms with E-state index in [4.69, 9.17) is 0 Å². The fraction of sp³-hybridized carbons (Fsp3) is 0.357. The first-order chi connectivity index (χ1) is 14.4. The van der Waals surface area contributed by atoms with Gasteiger partial charge in [-0.15, -0.1) is 0 Å². The molecule has 1 heteroatoms. The molecule has 1 nitrogen and oxygen atoms in total. The maximum atomic E-state index is 2.39. The Morgan fingerprint density at radius 1 is 0.517 bits per heavy atom. The normalized spacial score (nSPS) is 10.8. The van der Waals surface area contributed by atoms with Gasteiger partial charge in [0.05, 0.1) is 0 Å². The molecule has 0 fully saturated rings. The summed E-state index contributed by atoms with van der Waals surface area (Å²) in [6.07, 6.45) is 12.0. The molecule has 0 aliphatic carbocycles. The lowest BCUT2D eigenvalue weighted by atomic mass is 10.0. The summed E-state index contributed by atoms with van der Waals surface area (Å²) in [5.74, 6) is 0. The monoisotopic (exact) mass is 385 g/mol. The first-order valence-electron chi connectivity index (χ1n) is 11.4. The zero-order valence-electron chi connectivity index (χ0n) is 17.9. The van der Waals surface area contributed by atoms with Gasteiger partial charge in [-0.05, 0) is 48.7 Å². The van der Waals surface area contributed by atoms with Crippen molar-refractivity contribution in [2.75, 3.05) is 4.90 Å². The fourth-order valence-electron chi connectivity index (χ4n) is 3.97. The van der Waals surface area contributed by atoms with Crippen LogP contribution in [0.4, 0.5) is 17.1 Å². The molecule has 0 aromatic heterocycles. The van der Waals surface area contributed by atoms with Crippen molar-refractivity contribution in [3.05, 3.63) is 90.5 Å². The molecular formula is C28H35N. The van der Waals surface area contributed by atoms with E-state index in [-0.39, 0.29) is 0 Å². The highest BCUT2D eigenvalue weighted by Crippen LogP contribution is 2.36. The van der Waals surface area contributed by atoms with Gasteiger partial charge in [-0.3, -0.25) is 0 Å².